The van der Waals surface area contributed by atoms with Gasteiger partial charge in [0, 0.05) is 61.5 Å². The van der Waals surface area contributed by atoms with Gasteiger partial charge in [0.15, 0.2) is 11.6 Å². The summed E-state index contributed by atoms with van der Waals surface area (Å²) in [6.07, 6.45) is 9.42. The lowest BCUT2D eigenvalue weighted by atomic mass is 9.76. The number of amides is 5. The van der Waals surface area contributed by atoms with Gasteiger partial charge in [-0.2, -0.15) is 0 Å². The third-order valence-corrected chi connectivity index (χ3v) is 13.5. The fourth-order valence-corrected chi connectivity index (χ4v) is 9.02. The summed E-state index contributed by atoms with van der Waals surface area (Å²) in [5.74, 6) is -3.31. The zero-order valence-electron chi connectivity index (χ0n) is 39.3. The Morgan fingerprint density at radius 1 is 0.864 bits per heavy atom. The van der Waals surface area contributed by atoms with Gasteiger partial charge >= 0.3 is 0 Å². The minimum atomic E-state index is -1.17. The Morgan fingerprint density at radius 2 is 1.56 bits per heavy atom. The number of nitrogens with one attached hydrogen (secondary N) is 7. The van der Waals surface area contributed by atoms with E-state index in [4.69, 9.17) is 5.73 Å². The van der Waals surface area contributed by atoms with Gasteiger partial charge in [-0.05, 0) is 73.8 Å². The highest BCUT2D eigenvalue weighted by molar-refractivity contribution is 5.97. The molecule has 18 heteroatoms. The summed E-state index contributed by atoms with van der Waals surface area (Å²) < 4.78 is 0. The number of aromatic amines is 2. The second-order valence-corrected chi connectivity index (χ2v) is 19.2. The van der Waals surface area contributed by atoms with Crippen molar-refractivity contribution in [1.82, 2.24) is 46.4 Å². The second-order valence-electron chi connectivity index (χ2n) is 19.2. The first-order valence-electron chi connectivity index (χ1n) is 23.7. The summed E-state index contributed by atoms with van der Waals surface area (Å²) in [4.78, 5) is 108. The molecule has 2 aromatic heterocycles. The van der Waals surface area contributed by atoms with Crippen LogP contribution < -0.4 is 32.3 Å². The number of nitrogens with zero attached hydrogens (tertiary/aromatic N) is 2. The van der Waals surface area contributed by atoms with Crippen molar-refractivity contribution in [3.05, 3.63) is 54.2 Å². The molecule has 2 fully saturated rings. The Bertz CT molecular complexity index is 2120. The molecule has 2 saturated heterocycles. The number of hydrogen-bond donors (Lipinski definition) is 9. The maximum absolute atomic E-state index is 14.5. The fourth-order valence-electron chi connectivity index (χ4n) is 9.02. The normalized spacial score (nSPS) is 27.9. The van der Waals surface area contributed by atoms with E-state index < -0.39 is 78.8 Å². The molecule has 0 aliphatic carbocycles. The molecule has 2 unspecified atom stereocenters. The van der Waals surface area contributed by atoms with Gasteiger partial charge in [0.25, 0.3) is 0 Å². The average Bonchev–Trinajstić information content (AvgIpc) is 4.09. The number of hydrogen-bond acceptors (Lipinski definition) is 11. The minimum absolute atomic E-state index is 0.0189. The van der Waals surface area contributed by atoms with Gasteiger partial charge in [-0.1, -0.05) is 65.7 Å². The van der Waals surface area contributed by atoms with E-state index >= 15 is 0 Å². The standard InChI is InChI=1S/C48H72N10O8/c1-6-48(5)17-15-30(4)13-14-41(60)35(23-43(49)62)55-46(65)40-12-9-19-58(40)47(66)38(22-32-25-50-27-52-32)56-44(63)36(20-29(2)3)53-28-54-37(45(64)57-39(26-59)42(61)16-18-48)21-31-24-51-34-11-8-7-10-33(31)34/h7-8,10-11,24-25,27,29-30,35-40,51,53-54,59H,6,9,12-23,26,28H2,1-5H3,(H2,49,62)(H,50,52)(H,55,65)(H,56,63)(H,57,64)/t30?,35-,36-,37-,38-,39-,40-,48?/m0/s1. The number of nitrogens with two attached hydrogens (primary N) is 1. The molecule has 66 heavy (non-hydrogen) atoms. The van der Waals surface area contributed by atoms with Gasteiger partial charge in [-0.25, -0.2) is 4.98 Å². The van der Waals surface area contributed by atoms with Gasteiger partial charge < -0.3 is 41.7 Å². The van der Waals surface area contributed by atoms with E-state index in [9.17, 15) is 38.7 Å². The van der Waals surface area contributed by atoms with Crippen molar-refractivity contribution < 1.29 is 38.7 Å². The van der Waals surface area contributed by atoms with Gasteiger partial charge in [0.05, 0.1) is 37.5 Å². The van der Waals surface area contributed by atoms with Gasteiger partial charge in [-0.15, -0.1) is 0 Å². The van der Waals surface area contributed by atoms with E-state index in [0.29, 0.717) is 37.8 Å². The van der Waals surface area contributed by atoms with Crippen LogP contribution in [0.1, 0.15) is 117 Å². The summed E-state index contributed by atoms with van der Waals surface area (Å²) in [6, 6.07) is 1.59. The largest absolute Gasteiger partial charge is 0.394 e. The van der Waals surface area contributed by atoms with Crippen molar-refractivity contribution >= 4 is 52.0 Å². The van der Waals surface area contributed by atoms with Crippen LogP contribution in [0, 0.1) is 17.3 Å². The van der Waals surface area contributed by atoms with E-state index in [1.165, 1.54) is 11.2 Å². The number of fused-ring (bicyclic) bond motifs is 2. The number of aliphatic hydroxyl groups is 1. The molecular weight excluding hydrogens is 845 g/mol. The molecule has 10 N–H and O–H groups in total. The molecule has 5 amide bonds. The SMILES string of the molecule is CCC1(C)CCC(=O)[C@H](CO)NC(=O)[C@H](Cc2c[nH]c3ccccc23)NCN[C@@H](CC(C)C)C(=O)N[C@@H](Cc2cnc[nH]2)C(=O)N2CCC[C@H]2C(=O)N[C@@H](CC(N)=O)C(=O)CCC(C)CC1. The molecule has 18 nitrogen and oxygen atoms in total. The number of para-hydroxylation sites is 1. The fraction of sp³-hybridized carbons (Fsp3) is 0.625. The Labute approximate surface area is 387 Å². The van der Waals surface area contributed by atoms with Crippen molar-refractivity contribution in [3.8, 4) is 0 Å². The molecule has 3 aromatic rings. The lowest BCUT2D eigenvalue weighted by Crippen LogP contribution is -2.59. The van der Waals surface area contributed by atoms with E-state index in [1.807, 2.05) is 51.2 Å². The minimum Gasteiger partial charge on any atom is -0.394 e. The lowest BCUT2D eigenvalue weighted by Gasteiger charge is -2.31. The van der Waals surface area contributed by atoms with E-state index in [1.54, 1.807) is 6.20 Å². The molecule has 2 aliphatic heterocycles. The van der Waals surface area contributed by atoms with Crippen LogP contribution in [0.4, 0.5) is 0 Å². The van der Waals surface area contributed by atoms with Crippen LogP contribution in [-0.2, 0) is 46.4 Å². The Morgan fingerprint density at radius 3 is 2.26 bits per heavy atom. The molecule has 0 radical (unpaired) electrons. The molecule has 362 valence electrons. The average molecular weight is 917 g/mol. The number of benzene rings is 1. The quantitative estimate of drug-likeness (QED) is 0.143. The van der Waals surface area contributed by atoms with Crippen molar-refractivity contribution in [2.75, 3.05) is 19.8 Å². The molecule has 1 aromatic carbocycles. The van der Waals surface area contributed by atoms with Crippen LogP contribution in [0.15, 0.2) is 43.0 Å². The van der Waals surface area contributed by atoms with Gasteiger partial charge in [0.2, 0.25) is 29.5 Å². The van der Waals surface area contributed by atoms with Crippen molar-refractivity contribution in [1.29, 1.82) is 0 Å². The number of carbonyl (C=O) groups is 7. The number of primary amides is 1. The predicted octanol–water partition coefficient (Wildman–Crippen LogP) is 2.45. The molecule has 4 heterocycles. The lowest BCUT2D eigenvalue weighted by molar-refractivity contribution is -0.142. The van der Waals surface area contributed by atoms with Crippen LogP contribution in [0.2, 0.25) is 0 Å². The summed E-state index contributed by atoms with van der Waals surface area (Å²) in [7, 11) is 0. The molecular formula is C48H72N10O8. The maximum atomic E-state index is 14.5. The highest BCUT2D eigenvalue weighted by Gasteiger charge is 2.40. The number of aromatic nitrogens is 3. The molecule has 5 rings (SSSR count). The molecule has 8 atom stereocenters. The first-order valence-corrected chi connectivity index (χ1v) is 23.7. The first kappa shape index (κ1) is 51.5. The summed E-state index contributed by atoms with van der Waals surface area (Å²) in [5, 5.41) is 26.4. The van der Waals surface area contributed by atoms with Crippen LogP contribution >= 0.6 is 0 Å². The monoisotopic (exact) mass is 917 g/mol. The summed E-state index contributed by atoms with van der Waals surface area (Å²) >= 11 is 0. The number of imidazole rings is 1. The van der Waals surface area contributed by atoms with E-state index in [-0.39, 0.29) is 67.7 Å². The number of ketones is 2. The third-order valence-electron chi connectivity index (χ3n) is 13.5. The summed E-state index contributed by atoms with van der Waals surface area (Å²) in [5.41, 5.74) is 7.64. The zero-order chi connectivity index (χ0) is 48.0. The third kappa shape index (κ3) is 14.5. The first-order chi connectivity index (χ1) is 31.5. The number of Topliss-reactive ketones (excluding diaryl/α,β-unsaturated/α-hetero) is 2. The topological polar surface area (TPSA) is 274 Å². The maximum Gasteiger partial charge on any atom is 0.246 e. The molecule has 0 spiro atoms. The highest BCUT2D eigenvalue weighted by atomic mass is 16.3. The zero-order valence-corrected chi connectivity index (χ0v) is 39.3. The van der Waals surface area contributed by atoms with Crippen molar-refractivity contribution in [2.24, 2.45) is 23.0 Å². The Balaban J connectivity index is 1.45. The van der Waals surface area contributed by atoms with E-state index in [2.05, 4.69) is 55.4 Å². The van der Waals surface area contributed by atoms with Crippen LogP contribution in [0.25, 0.3) is 10.9 Å². The molecule has 0 saturated carbocycles. The van der Waals surface area contributed by atoms with E-state index in [0.717, 1.165) is 35.7 Å². The van der Waals surface area contributed by atoms with Crippen molar-refractivity contribution in [2.45, 2.75) is 154 Å². The highest BCUT2D eigenvalue weighted by Crippen LogP contribution is 2.35. The van der Waals surface area contributed by atoms with Crippen LogP contribution in [-0.4, -0.2) is 122 Å². The molecule has 2 aliphatic rings. The van der Waals surface area contributed by atoms with Crippen LogP contribution in [0.3, 0.4) is 0 Å². The van der Waals surface area contributed by atoms with Gasteiger partial charge in [-0.3, -0.25) is 44.2 Å². The number of H-pyrrole nitrogens is 2. The summed E-state index contributed by atoms with van der Waals surface area (Å²) in [6.45, 7) is 9.75. The predicted molar refractivity (Wildman–Crippen MR) is 249 cm³/mol. The smallest absolute Gasteiger partial charge is 0.246 e. The number of aliphatic hydroxyl groups excluding tert-OH is 1. The molecule has 0 bridgehead atoms. The van der Waals surface area contributed by atoms with Gasteiger partial charge in [0.1, 0.15) is 18.1 Å². The Kier molecular flexibility index (Phi) is 19.0. The second kappa shape index (κ2) is 24.3. The van der Waals surface area contributed by atoms with Crippen molar-refractivity contribution in [3.63, 3.8) is 0 Å². The number of carbonyl (C=O) groups excluding carboxylic acids is 7. The Hall–Kier alpha value is -5.46. The van der Waals surface area contributed by atoms with Crippen LogP contribution in [0.5, 0.6) is 0 Å². The number of rotatable bonds is 10.